The quantitative estimate of drug-likeness (QED) is 0.265. The summed E-state index contributed by atoms with van der Waals surface area (Å²) in [6.07, 6.45) is -3.32. The summed E-state index contributed by atoms with van der Waals surface area (Å²) in [5, 5.41) is 60.0. The lowest BCUT2D eigenvalue weighted by Crippen LogP contribution is -2.45. The van der Waals surface area contributed by atoms with E-state index in [1.54, 1.807) is 12.3 Å². The third-order valence-corrected chi connectivity index (χ3v) is 3.28. The van der Waals surface area contributed by atoms with Gasteiger partial charge in [-0.3, -0.25) is 5.43 Å². The first kappa shape index (κ1) is 17.2. The lowest BCUT2D eigenvalue weighted by Gasteiger charge is -2.22. The minimum absolute atomic E-state index is 0.222. The van der Waals surface area contributed by atoms with Crippen molar-refractivity contribution in [1.29, 1.82) is 0 Å². The van der Waals surface area contributed by atoms with E-state index in [1.165, 1.54) is 0 Å². The topological polar surface area (TPSA) is 151 Å². The van der Waals surface area contributed by atoms with E-state index in [0.717, 1.165) is 10.8 Å². The van der Waals surface area contributed by atoms with Crippen LogP contribution in [0.4, 0.5) is 5.82 Å². The van der Waals surface area contributed by atoms with E-state index >= 15 is 0 Å². The van der Waals surface area contributed by atoms with Crippen LogP contribution in [0.5, 0.6) is 0 Å². The van der Waals surface area contributed by atoms with Gasteiger partial charge in [0.15, 0.2) is 5.82 Å². The van der Waals surface area contributed by atoms with E-state index < -0.39 is 31.5 Å². The highest BCUT2D eigenvalue weighted by molar-refractivity contribution is 5.93. The van der Waals surface area contributed by atoms with Gasteiger partial charge in [0.2, 0.25) is 0 Å². The number of hydrogen-bond donors (Lipinski definition) is 6. The van der Waals surface area contributed by atoms with Gasteiger partial charge in [0.1, 0.15) is 18.3 Å². The first-order valence-electron chi connectivity index (χ1n) is 6.87. The molecule has 124 valence electrons. The van der Waals surface area contributed by atoms with Crippen molar-refractivity contribution in [3.8, 4) is 0 Å². The Kier molecular flexibility index (Phi) is 5.90. The lowest BCUT2D eigenvalue weighted by molar-refractivity contribution is -0.0564. The molecule has 23 heavy (non-hydrogen) atoms. The Morgan fingerprint density at radius 1 is 1.17 bits per heavy atom. The molecule has 1 aromatic carbocycles. The largest absolute Gasteiger partial charge is 0.394 e. The summed E-state index contributed by atoms with van der Waals surface area (Å²) in [5.41, 5.74) is 2.35. The Morgan fingerprint density at radius 2 is 1.91 bits per heavy atom. The smallest absolute Gasteiger partial charge is 0.176 e. The van der Waals surface area contributed by atoms with Crippen LogP contribution in [0.15, 0.2) is 35.6 Å². The van der Waals surface area contributed by atoms with Gasteiger partial charge in [-0.25, -0.2) is 0 Å². The van der Waals surface area contributed by atoms with Crippen LogP contribution in [0.25, 0.3) is 10.8 Å². The van der Waals surface area contributed by atoms with Gasteiger partial charge in [-0.05, 0) is 0 Å². The van der Waals surface area contributed by atoms with Crippen LogP contribution in [0.1, 0.15) is 0 Å². The Hall–Kier alpha value is -2.17. The molecular weight excluding hydrogens is 304 g/mol. The molecule has 1 aromatic heterocycles. The summed E-state index contributed by atoms with van der Waals surface area (Å²) in [5.74, 6) is 0.304. The average Bonchev–Trinajstić information content (AvgIpc) is 2.60. The monoisotopic (exact) mass is 322 g/mol. The maximum Gasteiger partial charge on any atom is 0.176 e. The van der Waals surface area contributed by atoms with Crippen LogP contribution < -0.4 is 5.43 Å². The van der Waals surface area contributed by atoms with Crippen LogP contribution in [0.3, 0.4) is 0 Å². The number of aromatic nitrogens is 2. The van der Waals surface area contributed by atoms with Crippen LogP contribution >= 0.6 is 0 Å². The highest BCUT2D eigenvalue weighted by Gasteiger charge is 2.28. The molecule has 3 unspecified atom stereocenters. The highest BCUT2D eigenvalue weighted by atomic mass is 16.4. The third kappa shape index (κ3) is 3.97. The number of rotatable bonds is 7. The molecule has 0 aliphatic carbocycles. The zero-order valence-electron chi connectivity index (χ0n) is 12.1. The maximum absolute atomic E-state index is 9.88. The summed E-state index contributed by atoms with van der Waals surface area (Å²) in [6.45, 7) is -1.40. The van der Waals surface area contributed by atoms with Gasteiger partial charge in [-0.1, -0.05) is 24.3 Å². The van der Waals surface area contributed by atoms with E-state index in [9.17, 15) is 20.4 Å². The molecule has 1 heterocycles. The number of nitrogens with one attached hydrogen (secondary N) is 1. The lowest BCUT2D eigenvalue weighted by atomic mass is 10.0. The van der Waals surface area contributed by atoms with E-state index in [1.807, 2.05) is 18.2 Å². The molecule has 0 saturated carbocycles. The summed E-state index contributed by atoms with van der Waals surface area (Å²) >= 11 is 0. The molecule has 9 nitrogen and oxygen atoms in total. The van der Waals surface area contributed by atoms with Crippen molar-refractivity contribution < 1.29 is 25.5 Å². The van der Waals surface area contributed by atoms with Gasteiger partial charge < -0.3 is 25.5 Å². The average molecular weight is 322 g/mol. The Morgan fingerprint density at radius 3 is 2.61 bits per heavy atom. The van der Waals surface area contributed by atoms with Crippen molar-refractivity contribution in [2.45, 2.75) is 18.3 Å². The molecule has 0 spiro atoms. The van der Waals surface area contributed by atoms with Gasteiger partial charge in [-0.2, -0.15) is 10.2 Å². The highest BCUT2D eigenvalue weighted by Crippen LogP contribution is 2.19. The standard InChI is InChI=1S/C14H18N4O5/c19-6-10(12(22)13(23)11(21)7-20)16-18-14-9-4-2-1-3-8(9)5-15-17-14/h1-5,11-13,19-23H,6-7H2,(H,17,18). The second kappa shape index (κ2) is 7.90. The molecule has 2 aromatic rings. The van der Waals surface area contributed by atoms with Gasteiger partial charge in [0, 0.05) is 10.8 Å². The van der Waals surface area contributed by atoms with E-state index in [0.29, 0.717) is 5.82 Å². The van der Waals surface area contributed by atoms with E-state index in [-0.39, 0.29) is 5.71 Å². The van der Waals surface area contributed by atoms with Gasteiger partial charge in [0.25, 0.3) is 0 Å². The number of aliphatic hydroxyl groups is 5. The number of benzene rings is 1. The van der Waals surface area contributed by atoms with Crippen LogP contribution in [-0.2, 0) is 0 Å². The van der Waals surface area contributed by atoms with Crippen molar-refractivity contribution in [1.82, 2.24) is 10.2 Å². The summed E-state index contributed by atoms with van der Waals surface area (Å²) in [6, 6.07) is 7.28. The van der Waals surface area contributed by atoms with Crippen molar-refractivity contribution >= 4 is 22.3 Å². The Bertz CT molecular complexity index is 676. The summed E-state index contributed by atoms with van der Waals surface area (Å²) < 4.78 is 0. The van der Waals surface area contributed by atoms with Crippen molar-refractivity contribution in [3.05, 3.63) is 30.5 Å². The van der Waals surface area contributed by atoms with Crippen LogP contribution in [0.2, 0.25) is 0 Å². The normalized spacial score (nSPS) is 16.1. The minimum Gasteiger partial charge on any atom is -0.394 e. The molecule has 0 amide bonds. The Balaban J connectivity index is 2.21. The zero-order chi connectivity index (χ0) is 16.8. The fraction of sp³-hybridized carbons (Fsp3) is 0.357. The van der Waals surface area contributed by atoms with E-state index in [2.05, 4.69) is 20.7 Å². The number of anilines is 1. The molecular formula is C14H18N4O5. The van der Waals surface area contributed by atoms with Crippen molar-refractivity contribution in [2.24, 2.45) is 5.10 Å². The zero-order valence-corrected chi connectivity index (χ0v) is 12.1. The second-order valence-corrected chi connectivity index (χ2v) is 4.84. The van der Waals surface area contributed by atoms with Crippen molar-refractivity contribution in [2.75, 3.05) is 18.6 Å². The number of fused-ring (bicyclic) bond motifs is 1. The Labute approximate surface area is 131 Å². The number of hydrogen-bond acceptors (Lipinski definition) is 9. The third-order valence-electron chi connectivity index (χ3n) is 3.28. The SMILES string of the molecule is OCC(=NNc1nncc2ccccc12)C(O)C(O)C(O)CO. The molecule has 0 bridgehead atoms. The fourth-order valence-electron chi connectivity index (χ4n) is 1.95. The summed E-state index contributed by atoms with van der Waals surface area (Å²) in [4.78, 5) is 0. The van der Waals surface area contributed by atoms with Crippen molar-refractivity contribution in [3.63, 3.8) is 0 Å². The first-order chi connectivity index (χ1) is 11.1. The van der Waals surface area contributed by atoms with Crippen LogP contribution in [0, 0.1) is 0 Å². The molecule has 0 radical (unpaired) electrons. The summed E-state index contributed by atoms with van der Waals surface area (Å²) in [7, 11) is 0. The van der Waals surface area contributed by atoms with Gasteiger partial charge >= 0.3 is 0 Å². The molecule has 0 saturated heterocycles. The first-order valence-corrected chi connectivity index (χ1v) is 6.87. The molecule has 3 atom stereocenters. The maximum atomic E-state index is 9.88. The minimum atomic E-state index is -1.69. The van der Waals surface area contributed by atoms with Gasteiger partial charge in [-0.15, -0.1) is 5.10 Å². The molecule has 0 fully saturated rings. The van der Waals surface area contributed by atoms with Crippen LogP contribution in [-0.4, -0.2) is 73.0 Å². The molecule has 6 N–H and O–H groups in total. The van der Waals surface area contributed by atoms with Gasteiger partial charge in [0.05, 0.1) is 25.1 Å². The predicted octanol–water partition coefficient (Wildman–Crippen LogP) is -1.54. The fourth-order valence-corrected chi connectivity index (χ4v) is 1.95. The predicted molar refractivity (Wildman–Crippen MR) is 82.8 cm³/mol. The molecule has 0 aliphatic rings. The molecule has 2 rings (SSSR count). The second-order valence-electron chi connectivity index (χ2n) is 4.84. The molecule has 9 heteroatoms. The number of aliphatic hydroxyl groups excluding tert-OH is 5. The molecule has 0 aliphatic heterocycles. The number of nitrogens with zero attached hydrogens (tertiary/aromatic N) is 3. The number of hydrazone groups is 1. The van der Waals surface area contributed by atoms with E-state index in [4.69, 9.17) is 5.11 Å².